The van der Waals surface area contributed by atoms with E-state index in [1.165, 1.54) is 16.4 Å². The second kappa shape index (κ2) is 8.08. The summed E-state index contributed by atoms with van der Waals surface area (Å²) < 4.78 is 47.1. The number of benzene rings is 2. The average molecular weight is 431 g/mol. The number of fused-ring (bicyclic) bond motifs is 1. The van der Waals surface area contributed by atoms with Crippen LogP contribution in [0.15, 0.2) is 59.6 Å². The highest BCUT2D eigenvalue weighted by atomic mass is 32.2. The molecule has 1 aliphatic rings. The highest BCUT2D eigenvalue weighted by Crippen LogP contribution is 2.26. The van der Waals surface area contributed by atoms with Gasteiger partial charge in [0.15, 0.2) is 0 Å². The first-order valence-electron chi connectivity index (χ1n) is 9.55. The number of methoxy groups -OCH3 is 1. The van der Waals surface area contributed by atoms with Crippen molar-refractivity contribution in [3.8, 4) is 5.75 Å². The lowest BCUT2D eigenvalue weighted by Crippen LogP contribution is -2.51. The molecule has 0 radical (unpaired) electrons. The van der Waals surface area contributed by atoms with Gasteiger partial charge in [-0.05, 0) is 36.4 Å². The van der Waals surface area contributed by atoms with Crippen LogP contribution in [0.25, 0.3) is 10.9 Å². The number of carbonyl (C=O) groups excluding carboxylic acids is 1. The summed E-state index contributed by atoms with van der Waals surface area (Å²) in [6, 6.07) is 12.4. The van der Waals surface area contributed by atoms with Crippen molar-refractivity contribution in [3.63, 3.8) is 0 Å². The number of halogens is 1. The van der Waals surface area contributed by atoms with Crippen LogP contribution in [0.2, 0.25) is 0 Å². The standard InChI is InChI=1S/C21H22FN3O4S/c1-29-19-4-2-3-16-9-10-24(21(16)19)15-20(26)23-11-13-25(14-12-23)30(27,28)18-7-5-17(22)6-8-18/h2-10H,11-15H2,1H3. The van der Waals surface area contributed by atoms with Crippen molar-refractivity contribution in [2.75, 3.05) is 33.3 Å². The molecule has 1 aromatic heterocycles. The first-order valence-corrected chi connectivity index (χ1v) is 11.0. The van der Waals surface area contributed by atoms with Gasteiger partial charge in [0.05, 0.1) is 17.5 Å². The van der Waals surface area contributed by atoms with E-state index in [4.69, 9.17) is 4.74 Å². The Labute approximate surface area is 174 Å². The highest BCUT2D eigenvalue weighted by Gasteiger charge is 2.30. The van der Waals surface area contributed by atoms with Gasteiger partial charge in [0.2, 0.25) is 15.9 Å². The zero-order valence-corrected chi connectivity index (χ0v) is 17.3. The fourth-order valence-corrected chi connectivity index (χ4v) is 5.12. The number of carbonyl (C=O) groups is 1. The molecule has 4 rings (SSSR count). The van der Waals surface area contributed by atoms with Crippen LogP contribution in [0.5, 0.6) is 5.75 Å². The van der Waals surface area contributed by atoms with Crippen LogP contribution in [0.1, 0.15) is 0 Å². The molecule has 158 valence electrons. The number of amides is 1. The van der Waals surface area contributed by atoms with Gasteiger partial charge in [-0.25, -0.2) is 12.8 Å². The van der Waals surface area contributed by atoms with Crippen LogP contribution >= 0.6 is 0 Å². The molecule has 1 aliphatic heterocycles. The van der Waals surface area contributed by atoms with E-state index in [0.29, 0.717) is 18.8 Å². The lowest BCUT2D eigenvalue weighted by molar-refractivity contribution is -0.132. The minimum atomic E-state index is -3.71. The maximum atomic E-state index is 13.1. The number of para-hydroxylation sites is 1. The molecule has 2 heterocycles. The predicted molar refractivity (Wildman–Crippen MR) is 110 cm³/mol. The summed E-state index contributed by atoms with van der Waals surface area (Å²) in [6.07, 6.45) is 1.85. The van der Waals surface area contributed by atoms with E-state index in [1.54, 1.807) is 12.0 Å². The summed E-state index contributed by atoms with van der Waals surface area (Å²) in [5, 5.41) is 0.984. The van der Waals surface area contributed by atoms with E-state index in [1.807, 2.05) is 35.0 Å². The Morgan fingerprint density at radius 2 is 1.73 bits per heavy atom. The normalized spacial score (nSPS) is 15.5. The van der Waals surface area contributed by atoms with Crippen molar-refractivity contribution in [2.24, 2.45) is 0 Å². The minimum Gasteiger partial charge on any atom is -0.495 e. The largest absolute Gasteiger partial charge is 0.495 e. The van der Waals surface area contributed by atoms with E-state index in [0.717, 1.165) is 23.0 Å². The van der Waals surface area contributed by atoms with Crippen LogP contribution in [0.3, 0.4) is 0 Å². The number of ether oxygens (including phenoxy) is 1. The SMILES string of the molecule is COc1cccc2ccn(CC(=O)N3CCN(S(=O)(=O)c4ccc(F)cc4)CC3)c12. The fourth-order valence-electron chi connectivity index (χ4n) is 3.70. The second-order valence-electron chi connectivity index (χ2n) is 7.08. The van der Waals surface area contributed by atoms with Gasteiger partial charge >= 0.3 is 0 Å². The predicted octanol–water partition coefficient (Wildman–Crippen LogP) is 2.32. The van der Waals surface area contributed by atoms with Gasteiger partial charge in [-0.1, -0.05) is 12.1 Å². The Bertz CT molecular complexity index is 1170. The number of aromatic nitrogens is 1. The van der Waals surface area contributed by atoms with Crippen LogP contribution in [-0.2, 0) is 21.4 Å². The number of nitrogens with zero attached hydrogens (tertiary/aromatic N) is 3. The molecule has 0 saturated carbocycles. The monoisotopic (exact) mass is 431 g/mol. The third-order valence-corrected chi connectivity index (χ3v) is 7.23. The topological polar surface area (TPSA) is 71.8 Å². The van der Waals surface area contributed by atoms with Crippen LogP contribution in [-0.4, -0.2) is 61.4 Å². The first kappa shape index (κ1) is 20.4. The number of piperazine rings is 1. The van der Waals surface area contributed by atoms with Gasteiger partial charge in [-0.2, -0.15) is 4.31 Å². The van der Waals surface area contributed by atoms with Gasteiger partial charge in [0.1, 0.15) is 18.1 Å². The third-order valence-electron chi connectivity index (χ3n) is 5.32. The van der Waals surface area contributed by atoms with Crippen molar-refractivity contribution in [2.45, 2.75) is 11.4 Å². The molecule has 0 N–H and O–H groups in total. The van der Waals surface area contributed by atoms with Crippen molar-refractivity contribution >= 4 is 26.8 Å². The molecule has 7 nitrogen and oxygen atoms in total. The molecule has 0 bridgehead atoms. The number of hydrogen-bond donors (Lipinski definition) is 0. The van der Waals surface area contributed by atoms with Gasteiger partial charge < -0.3 is 14.2 Å². The van der Waals surface area contributed by atoms with Gasteiger partial charge in [-0.3, -0.25) is 4.79 Å². The molecule has 0 aliphatic carbocycles. The Morgan fingerprint density at radius 1 is 1.03 bits per heavy atom. The molecule has 0 spiro atoms. The van der Waals surface area contributed by atoms with E-state index >= 15 is 0 Å². The molecule has 3 aromatic rings. The Kier molecular flexibility index (Phi) is 5.48. The van der Waals surface area contributed by atoms with E-state index in [-0.39, 0.29) is 30.4 Å². The summed E-state index contributed by atoms with van der Waals surface area (Å²) >= 11 is 0. The summed E-state index contributed by atoms with van der Waals surface area (Å²) in [6.45, 7) is 1.14. The zero-order valence-electron chi connectivity index (χ0n) is 16.5. The van der Waals surface area contributed by atoms with E-state index in [2.05, 4.69) is 0 Å². The zero-order chi connectivity index (χ0) is 21.3. The van der Waals surface area contributed by atoms with E-state index in [9.17, 15) is 17.6 Å². The molecule has 1 saturated heterocycles. The maximum absolute atomic E-state index is 13.1. The van der Waals surface area contributed by atoms with Crippen molar-refractivity contribution in [1.29, 1.82) is 0 Å². The lowest BCUT2D eigenvalue weighted by Gasteiger charge is -2.34. The summed E-state index contributed by atoms with van der Waals surface area (Å²) in [4.78, 5) is 14.5. The molecule has 30 heavy (non-hydrogen) atoms. The van der Waals surface area contributed by atoms with Gasteiger partial charge in [0.25, 0.3) is 0 Å². The lowest BCUT2D eigenvalue weighted by atomic mass is 10.2. The smallest absolute Gasteiger partial charge is 0.243 e. The van der Waals surface area contributed by atoms with Crippen LogP contribution < -0.4 is 4.74 Å². The molecule has 1 amide bonds. The Hall–Kier alpha value is -2.91. The average Bonchev–Trinajstić information content (AvgIpc) is 3.17. The molecule has 0 atom stereocenters. The van der Waals surface area contributed by atoms with Gasteiger partial charge in [0, 0.05) is 37.8 Å². The summed E-state index contributed by atoms with van der Waals surface area (Å²) in [5.74, 6) is 0.122. The molecular formula is C21H22FN3O4S. The fraction of sp³-hybridized carbons (Fsp3) is 0.286. The van der Waals surface area contributed by atoms with Crippen molar-refractivity contribution < 1.29 is 22.3 Å². The van der Waals surface area contributed by atoms with Crippen molar-refractivity contribution in [3.05, 3.63) is 60.5 Å². The highest BCUT2D eigenvalue weighted by molar-refractivity contribution is 7.89. The molecular weight excluding hydrogens is 409 g/mol. The third kappa shape index (κ3) is 3.78. The number of rotatable bonds is 5. The van der Waals surface area contributed by atoms with Gasteiger partial charge in [-0.15, -0.1) is 0 Å². The molecule has 9 heteroatoms. The van der Waals surface area contributed by atoms with Crippen molar-refractivity contribution in [1.82, 2.24) is 13.8 Å². The first-order chi connectivity index (χ1) is 14.4. The number of hydrogen-bond acceptors (Lipinski definition) is 4. The molecule has 1 fully saturated rings. The Balaban J connectivity index is 1.43. The van der Waals surface area contributed by atoms with E-state index < -0.39 is 15.8 Å². The quantitative estimate of drug-likeness (QED) is 0.622. The summed E-state index contributed by atoms with van der Waals surface area (Å²) in [5.41, 5.74) is 0.853. The molecule has 0 unspecified atom stereocenters. The van der Waals surface area contributed by atoms with Crippen LogP contribution in [0, 0.1) is 5.82 Å². The maximum Gasteiger partial charge on any atom is 0.243 e. The van der Waals surface area contributed by atoms with Crippen LogP contribution in [0.4, 0.5) is 4.39 Å². The second-order valence-corrected chi connectivity index (χ2v) is 9.02. The molecule has 2 aromatic carbocycles. The number of sulfonamides is 1. The minimum absolute atomic E-state index is 0.0505. The Morgan fingerprint density at radius 3 is 2.40 bits per heavy atom. The summed E-state index contributed by atoms with van der Waals surface area (Å²) in [7, 11) is -2.12.